The van der Waals surface area contributed by atoms with Crippen LogP contribution in [0.2, 0.25) is 0 Å². The molecule has 130 valence electrons. The van der Waals surface area contributed by atoms with E-state index in [9.17, 15) is 19.7 Å². The largest absolute Gasteiger partial charge is 0.370 e. The lowest BCUT2D eigenvalue weighted by atomic mass is 10.1. The van der Waals surface area contributed by atoms with Crippen molar-refractivity contribution in [2.45, 2.75) is 13.0 Å². The van der Waals surface area contributed by atoms with Crippen molar-refractivity contribution in [3.63, 3.8) is 0 Å². The second kappa shape index (κ2) is 8.39. The van der Waals surface area contributed by atoms with Crippen LogP contribution in [-0.2, 0) is 11.3 Å². The normalized spacial score (nSPS) is 10.3. The number of benzene rings is 2. The standard InChI is InChI=1S/C17H16BrN3O4/c18-14-7-6-13(10-15(14)21(24)25)17(23)20(9-8-16(19)22)11-12-4-2-1-3-5-12/h1-7,10H,8-9,11H2,(H2,19,22). The van der Waals surface area contributed by atoms with Crippen LogP contribution in [0.3, 0.4) is 0 Å². The highest BCUT2D eigenvalue weighted by molar-refractivity contribution is 9.10. The number of nitro benzene ring substituents is 1. The lowest BCUT2D eigenvalue weighted by molar-refractivity contribution is -0.385. The Kier molecular flexibility index (Phi) is 6.24. The summed E-state index contributed by atoms with van der Waals surface area (Å²) in [7, 11) is 0. The highest BCUT2D eigenvalue weighted by atomic mass is 79.9. The van der Waals surface area contributed by atoms with Crippen LogP contribution in [0.15, 0.2) is 53.0 Å². The zero-order chi connectivity index (χ0) is 18.4. The molecule has 25 heavy (non-hydrogen) atoms. The molecule has 2 aromatic rings. The second-order valence-corrected chi connectivity index (χ2v) is 6.21. The predicted molar refractivity (Wildman–Crippen MR) is 95.8 cm³/mol. The van der Waals surface area contributed by atoms with Gasteiger partial charge in [-0.3, -0.25) is 19.7 Å². The molecule has 8 heteroatoms. The minimum Gasteiger partial charge on any atom is -0.370 e. The third kappa shape index (κ3) is 5.12. The first-order chi connectivity index (χ1) is 11.9. The molecule has 0 saturated heterocycles. The predicted octanol–water partition coefficient (Wildman–Crippen LogP) is 2.88. The molecule has 0 bridgehead atoms. The molecule has 0 aromatic heterocycles. The van der Waals surface area contributed by atoms with Gasteiger partial charge in [-0.05, 0) is 33.6 Å². The lowest BCUT2D eigenvalue weighted by Gasteiger charge is -2.22. The van der Waals surface area contributed by atoms with Gasteiger partial charge < -0.3 is 10.6 Å². The van der Waals surface area contributed by atoms with Crippen LogP contribution in [0, 0.1) is 10.1 Å². The van der Waals surface area contributed by atoms with Gasteiger partial charge in [0.25, 0.3) is 11.6 Å². The SMILES string of the molecule is NC(=O)CCN(Cc1ccccc1)C(=O)c1ccc(Br)c([N+](=O)[O-])c1. The van der Waals surface area contributed by atoms with Crippen molar-refractivity contribution in [2.75, 3.05) is 6.54 Å². The number of nitrogens with zero attached hydrogens (tertiary/aromatic N) is 2. The summed E-state index contributed by atoms with van der Waals surface area (Å²) in [6.07, 6.45) is 0.0111. The van der Waals surface area contributed by atoms with Gasteiger partial charge in [-0.2, -0.15) is 0 Å². The van der Waals surface area contributed by atoms with Crippen molar-refractivity contribution < 1.29 is 14.5 Å². The summed E-state index contributed by atoms with van der Waals surface area (Å²) in [4.78, 5) is 35.8. The minimum atomic E-state index is -0.564. The highest BCUT2D eigenvalue weighted by Gasteiger charge is 2.21. The molecule has 0 fully saturated rings. The summed E-state index contributed by atoms with van der Waals surface area (Å²) < 4.78 is 0.292. The zero-order valence-corrected chi connectivity index (χ0v) is 14.8. The monoisotopic (exact) mass is 405 g/mol. The van der Waals surface area contributed by atoms with Gasteiger partial charge in [-0.1, -0.05) is 30.3 Å². The number of amides is 2. The van der Waals surface area contributed by atoms with E-state index in [1.54, 1.807) is 0 Å². The molecule has 0 saturated carbocycles. The van der Waals surface area contributed by atoms with Crippen LogP contribution < -0.4 is 5.73 Å². The van der Waals surface area contributed by atoms with Gasteiger partial charge in [-0.15, -0.1) is 0 Å². The van der Waals surface area contributed by atoms with Gasteiger partial charge in [0.1, 0.15) is 0 Å². The van der Waals surface area contributed by atoms with Gasteiger partial charge >= 0.3 is 0 Å². The van der Waals surface area contributed by atoms with E-state index in [1.165, 1.54) is 23.1 Å². The fourth-order valence-corrected chi connectivity index (χ4v) is 2.66. The Morgan fingerprint density at radius 1 is 1.16 bits per heavy atom. The Balaban J connectivity index is 2.29. The molecule has 0 atom stereocenters. The van der Waals surface area contributed by atoms with Crippen LogP contribution in [-0.4, -0.2) is 28.2 Å². The number of hydrogen-bond acceptors (Lipinski definition) is 4. The van der Waals surface area contributed by atoms with Crippen LogP contribution >= 0.6 is 15.9 Å². The van der Waals surface area contributed by atoms with E-state index in [2.05, 4.69) is 15.9 Å². The summed E-state index contributed by atoms with van der Waals surface area (Å²) in [6.45, 7) is 0.406. The first kappa shape index (κ1) is 18.6. The summed E-state index contributed by atoms with van der Waals surface area (Å²) in [5.41, 5.74) is 6.05. The van der Waals surface area contributed by atoms with Crippen LogP contribution in [0.1, 0.15) is 22.3 Å². The number of nitrogens with two attached hydrogens (primary N) is 1. The van der Waals surface area contributed by atoms with E-state index in [0.29, 0.717) is 4.47 Å². The van der Waals surface area contributed by atoms with Crippen LogP contribution in [0.4, 0.5) is 5.69 Å². The maximum Gasteiger partial charge on any atom is 0.284 e. The molecule has 0 radical (unpaired) electrons. The number of nitro groups is 1. The molecule has 0 unspecified atom stereocenters. The molecule has 0 heterocycles. The third-order valence-electron chi connectivity index (χ3n) is 3.52. The molecule has 0 spiro atoms. The molecular formula is C17H16BrN3O4. The Hall–Kier alpha value is -2.74. The Labute approximate surface area is 152 Å². The average Bonchev–Trinajstić information content (AvgIpc) is 2.59. The maximum atomic E-state index is 12.8. The summed E-state index contributed by atoms with van der Waals surface area (Å²) in [5.74, 6) is -0.923. The quantitative estimate of drug-likeness (QED) is 0.564. The van der Waals surface area contributed by atoms with E-state index in [0.717, 1.165) is 5.56 Å². The van der Waals surface area contributed by atoms with Crippen LogP contribution in [0.5, 0.6) is 0 Å². The number of carbonyl (C=O) groups is 2. The van der Waals surface area contributed by atoms with E-state index < -0.39 is 16.7 Å². The van der Waals surface area contributed by atoms with Gasteiger partial charge in [0.15, 0.2) is 0 Å². The fraction of sp³-hybridized carbons (Fsp3) is 0.176. The number of halogens is 1. The van der Waals surface area contributed by atoms with Crippen molar-refractivity contribution in [3.8, 4) is 0 Å². The van der Waals surface area contributed by atoms with Gasteiger partial charge in [0.05, 0.1) is 9.40 Å². The Morgan fingerprint density at radius 3 is 2.44 bits per heavy atom. The van der Waals surface area contributed by atoms with Gasteiger partial charge in [0, 0.05) is 31.1 Å². The number of primary amides is 1. The average molecular weight is 406 g/mol. The Morgan fingerprint density at radius 2 is 1.84 bits per heavy atom. The second-order valence-electron chi connectivity index (χ2n) is 5.35. The molecule has 2 amide bonds. The number of hydrogen-bond donors (Lipinski definition) is 1. The van der Waals surface area contributed by atoms with E-state index in [4.69, 9.17) is 5.73 Å². The highest BCUT2D eigenvalue weighted by Crippen LogP contribution is 2.26. The smallest absolute Gasteiger partial charge is 0.284 e. The number of carbonyl (C=O) groups excluding carboxylic acids is 2. The minimum absolute atomic E-state index is 0.0111. The molecule has 0 aliphatic rings. The topological polar surface area (TPSA) is 107 Å². The third-order valence-corrected chi connectivity index (χ3v) is 4.19. The first-order valence-electron chi connectivity index (χ1n) is 7.44. The fourth-order valence-electron chi connectivity index (χ4n) is 2.27. The van der Waals surface area contributed by atoms with Crippen LogP contribution in [0.25, 0.3) is 0 Å². The molecule has 2 rings (SSSR count). The van der Waals surface area contributed by atoms with Crippen molar-refractivity contribution >= 4 is 33.4 Å². The summed E-state index contributed by atoms with van der Waals surface area (Å²) in [5, 5.41) is 11.1. The molecular weight excluding hydrogens is 390 g/mol. The van der Waals surface area contributed by atoms with E-state index in [1.807, 2.05) is 30.3 Å². The molecule has 0 aliphatic carbocycles. The Bertz CT molecular complexity index is 796. The summed E-state index contributed by atoms with van der Waals surface area (Å²) in [6, 6.07) is 13.4. The molecule has 7 nitrogen and oxygen atoms in total. The zero-order valence-electron chi connectivity index (χ0n) is 13.2. The van der Waals surface area contributed by atoms with Gasteiger partial charge in [-0.25, -0.2) is 0 Å². The molecule has 2 aromatic carbocycles. The van der Waals surface area contributed by atoms with Crippen molar-refractivity contribution in [2.24, 2.45) is 5.73 Å². The lowest BCUT2D eigenvalue weighted by Crippen LogP contribution is -2.33. The molecule has 0 aliphatic heterocycles. The van der Waals surface area contributed by atoms with Crippen molar-refractivity contribution in [1.82, 2.24) is 4.90 Å². The van der Waals surface area contributed by atoms with Gasteiger partial charge in [0.2, 0.25) is 5.91 Å². The summed E-state index contributed by atoms with van der Waals surface area (Å²) >= 11 is 3.09. The number of rotatable bonds is 7. The van der Waals surface area contributed by atoms with E-state index >= 15 is 0 Å². The van der Waals surface area contributed by atoms with E-state index in [-0.39, 0.29) is 30.8 Å². The first-order valence-corrected chi connectivity index (χ1v) is 8.23. The van der Waals surface area contributed by atoms with Crippen molar-refractivity contribution in [3.05, 3.63) is 74.2 Å². The molecule has 2 N–H and O–H groups in total. The van der Waals surface area contributed by atoms with Crippen molar-refractivity contribution in [1.29, 1.82) is 0 Å². The maximum absolute atomic E-state index is 12.8.